The van der Waals surface area contributed by atoms with Gasteiger partial charge in [0.1, 0.15) is 5.75 Å². The van der Waals surface area contributed by atoms with Crippen LogP contribution in [-0.4, -0.2) is 18.5 Å². The number of ketones is 1. The Morgan fingerprint density at radius 2 is 1.71 bits per heavy atom. The van der Waals surface area contributed by atoms with Gasteiger partial charge in [-0.25, -0.2) is 0 Å². The summed E-state index contributed by atoms with van der Waals surface area (Å²) in [7, 11) is 0.344. The monoisotopic (exact) mass is 338 g/mol. The molecule has 0 heterocycles. The largest absolute Gasteiger partial charge is 1.00 e. The van der Waals surface area contributed by atoms with Gasteiger partial charge >= 0.3 is 18.9 Å². The second kappa shape index (κ2) is 10.0. The Labute approximate surface area is 159 Å². The molecule has 2 unspecified atom stereocenters. The van der Waals surface area contributed by atoms with Crippen molar-refractivity contribution in [1.29, 1.82) is 0 Å². The standard InChI is InChI=1S/C19H23O3P.Li.H/c1-5-21-23-17-11-9-16(10-12-17)22-15(4)19(20)18-13(2)7-6-8-14(18)3;;/h6-12,15,23H,5H2,1-4H3;;/q;+1;-1. The van der Waals surface area contributed by atoms with Gasteiger partial charge in [0, 0.05) is 21.0 Å². The minimum Gasteiger partial charge on any atom is -1.00 e. The minimum atomic E-state index is -0.519. The van der Waals surface area contributed by atoms with Crippen LogP contribution >= 0.6 is 8.81 Å². The quantitative estimate of drug-likeness (QED) is 0.434. The second-order valence-electron chi connectivity index (χ2n) is 5.45. The summed E-state index contributed by atoms with van der Waals surface area (Å²) in [5.41, 5.74) is 2.73. The third kappa shape index (κ3) is 5.47. The summed E-state index contributed by atoms with van der Waals surface area (Å²) in [6.45, 7) is 8.39. The Kier molecular flexibility index (Phi) is 8.74. The molecule has 0 saturated carbocycles. The molecule has 0 spiro atoms. The van der Waals surface area contributed by atoms with Crippen LogP contribution in [0.4, 0.5) is 0 Å². The van der Waals surface area contributed by atoms with E-state index in [1.165, 1.54) is 0 Å². The molecule has 0 amide bonds. The van der Waals surface area contributed by atoms with E-state index in [4.69, 9.17) is 9.26 Å². The van der Waals surface area contributed by atoms with E-state index in [-0.39, 0.29) is 26.1 Å². The molecule has 2 atom stereocenters. The van der Waals surface area contributed by atoms with E-state index < -0.39 is 6.10 Å². The molecule has 3 nitrogen and oxygen atoms in total. The molecule has 0 bridgehead atoms. The van der Waals surface area contributed by atoms with Crippen molar-refractivity contribution in [3.05, 3.63) is 59.2 Å². The number of aryl methyl sites for hydroxylation is 2. The van der Waals surface area contributed by atoms with E-state index in [2.05, 4.69) is 0 Å². The molecular weight excluding hydrogens is 314 g/mol. The Morgan fingerprint density at radius 1 is 1.12 bits per heavy atom. The summed E-state index contributed by atoms with van der Waals surface area (Å²) >= 11 is 0. The molecule has 0 N–H and O–H groups in total. The van der Waals surface area contributed by atoms with Gasteiger partial charge in [0.25, 0.3) is 0 Å². The number of hydrogen-bond donors (Lipinski definition) is 0. The third-order valence-corrected chi connectivity index (χ3v) is 4.60. The SMILES string of the molecule is CCOPc1ccc(OC(C)C(=O)c2c(C)cccc2C)cc1.[H-].[Li+]. The van der Waals surface area contributed by atoms with E-state index in [1.54, 1.807) is 6.92 Å². The second-order valence-corrected chi connectivity index (χ2v) is 6.52. The molecule has 0 aliphatic heterocycles. The number of carbonyl (C=O) groups excluding carboxylic acids is 1. The maximum Gasteiger partial charge on any atom is 1.00 e. The van der Waals surface area contributed by atoms with E-state index >= 15 is 0 Å². The Morgan fingerprint density at radius 3 is 2.25 bits per heavy atom. The third-order valence-electron chi connectivity index (χ3n) is 3.60. The maximum atomic E-state index is 12.7. The molecule has 0 aliphatic rings. The van der Waals surface area contributed by atoms with Crippen LogP contribution in [0.3, 0.4) is 0 Å². The molecule has 5 heteroatoms. The molecule has 24 heavy (non-hydrogen) atoms. The van der Waals surface area contributed by atoms with Crippen LogP contribution in [0.1, 0.15) is 36.8 Å². The molecule has 0 aromatic heterocycles. The van der Waals surface area contributed by atoms with Crippen molar-refractivity contribution >= 4 is 19.9 Å². The molecule has 2 aromatic carbocycles. The Balaban J connectivity index is 0.00000288. The summed E-state index contributed by atoms with van der Waals surface area (Å²) in [6, 6.07) is 13.6. The van der Waals surface area contributed by atoms with Crippen LogP contribution in [0.2, 0.25) is 0 Å². The first-order chi connectivity index (χ1) is 11.0. The summed E-state index contributed by atoms with van der Waals surface area (Å²) < 4.78 is 11.2. The molecule has 2 rings (SSSR count). The summed E-state index contributed by atoms with van der Waals surface area (Å²) in [6.07, 6.45) is -0.519. The van der Waals surface area contributed by atoms with Crippen LogP contribution in [0, 0.1) is 13.8 Å². The van der Waals surface area contributed by atoms with Crippen molar-refractivity contribution in [1.82, 2.24) is 0 Å². The van der Waals surface area contributed by atoms with Gasteiger partial charge < -0.3 is 10.7 Å². The van der Waals surface area contributed by atoms with Crippen LogP contribution in [0.25, 0.3) is 0 Å². The molecule has 0 fully saturated rings. The van der Waals surface area contributed by atoms with Crippen LogP contribution in [0.15, 0.2) is 42.5 Å². The predicted molar refractivity (Wildman–Crippen MR) is 97.5 cm³/mol. The molecular formula is C19H24LiO3P. The van der Waals surface area contributed by atoms with Crippen LogP contribution in [-0.2, 0) is 4.52 Å². The summed E-state index contributed by atoms with van der Waals surface area (Å²) in [4.78, 5) is 12.7. The van der Waals surface area contributed by atoms with Crippen LogP contribution < -0.4 is 28.9 Å². The number of ether oxygens (including phenoxy) is 1. The molecule has 2 aromatic rings. The average Bonchev–Trinajstić information content (AvgIpc) is 2.54. The first-order valence-electron chi connectivity index (χ1n) is 7.78. The van der Waals surface area contributed by atoms with Gasteiger partial charge in [0.15, 0.2) is 6.10 Å². The first kappa shape index (κ1) is 20.9. The number of carbonyl (C=O) groups is 1. The van der Waals surface area contributed by atoms with Gasteiger partial charge in [-0.1, -0.05) is 18.2 Å². The average molecular weight is 338 g/mol. The predicted octanol–water partition coefficient (Wildman–Crippen LogP) is 1.33. The summed E-state index contributed by atoms with van der Waals surface area (Å²) in [5.74, 6) is 0.711. The van der Waals surface area contributed by atoms with Crippen molar-refractivity contribution in [2.75, 3.05) is 6.61 Å². The molecule has 0 radical (unpaired) electrons. The van der Waals surface area contributed by atoms with E-state index in [0.29, 0.717) is 21.2 Å². The van der Waals surface area contributed by atoms with Crippen molar-refractivity contribution < 1.29 is 34.3 Å². The molecule has 0 aliphatic carbocycles. The zero-order chi connectivity index (χ0) is 16.8. The number of benzene rings is 2. The zero-order valence-corrected chi connectivity index (χ0v) is 16.1. The van der Waals surface area contributed by atoms with Gasteiger partial charge in [-0.05, 0) is 68.4 Å². The number of rotatable bonds is 7. The smallest absolute Gasteiger partial charge is 1.00 e. The number of hydrogen-bond acceptors (Lipinski definition) is 3. The zero-order valence-electron chi connectivity index (χ0n) is 16.1. The Bertz CT molecular complexity index is 657. The van der Waals surface area contributed by atoms with E-state index in [0.717, 1.165) is 22.0 Å². The van der Waals surface area contributed by atoms with Crippen LogP contribution in [0.5, 0.6) is 5.75 Å². The van der Waals surface area contributed by atoms with Gasteiger partial charge in [-0.3, -0.25) is 4.79 Å². The maximum absolute atomic E-state index is 12.7. The molecule has 0 saturated heterocycles. The molecule has 124 valence electrons. The fraction of sp³-hybridized carbons (Fsp3) is 0.316. The van der Waals surface area contributed by atoms with Gasteiger partial charge in [-0.2, -0.15) is 0 Å². The van der Waals surface area contributed by atoms with Gasteiger partial charge in [0.2, 0.25) is 5.78 Å². The van der Waals surface area contributed by atoms with Gasteiger partial charge in [0.05, 0.1) is 0 Å². The van der Waals surface area contributed by atoms with E-state index in [1.807, 2.05) is 63.2 Å². The first-order valence-corrected chi connectivity index (χ1v) is 8.68. The van der Waals surface area contributed by atoms with Crippen molar-refractivity contribution in [3.63, 3.8) is 0 Å². The van der Waals surface area contributed by atoms with E-state index in [9.17, 15) is 4.79 Å². The minimum absolute atomic E-state index is 0. The van der Waals surface area contributed by atoms with Crippen molar-refractivity contribution in [2.24, 2.45) is 0 Å². The fourth-order valence-corrected chi connectivity index (χ4v) is 3.03. The normalized spacial score (nSPS) is 12.0. The summed E-state index contributed by atoms with van der Waals surface area (Å²) in [5, 5.41) is 1.12. The van der Waals surface area contributed by atoms with Crippen molar-refractivity contribution in [2.45, 2.75) is 33.8 Å². The fourth-order valence-electron chi connectivity index (χ4n) is 2.42. The Hall–Kier alpha value is -1.10. The number of Topliss-reactive ketones (excluding diaryl/α,β-unsaturated/α-hetero) is 1. The van der Waals surface area contributed by atoms with Gasteiger partial charge in [-0.15, -0.1) is 0 Å². The topological polar surface area (TPSA) is 35.5 Å². The van der Waals surface area contributed by atoms with Crippen molar-refractivity contribution in [3.8, 4) is 5.75 Å².